The first-order valence-electron chi connectivity index (χ1n) is 9.10. The zero-order chi connectivity index (χ0) is 20.3. The van der Waals surface area contributed by atoms with Crippen LogP contribution in [0.25, 0.3) is 0 Å². The molecule has 3 aromatic rings. The molecule has 0 aliphatic rings. The highest BCUT2D eigenvalue weighted by Gasteiger charge is 2.15. The predicted octanol–water partition coefficient (Wildman–Crippen LogP) is 4.81. The van der Waals surface area contributed by atoms with Gasteiger partial charge in [0.1, 0.15) is 11.6 Å². The molecular formula is C22H22F2N2OS. The first-order valence-corrected chi connectivity index (χ1v) is 10.1. The molecule has 0 amide bonds. The van der Waals surface area contributed by atoms with E-state index in [4.69, 9.17) is 0 Å². The Kier molecular flexibility index (Phi) is 6.29. The highest BCUT2D eigenvalue weighted by molar-refractivity contribution is 7.98. The maximum absolute atomic E-state index is 13.9. The van der Waals surface area contributed by atoms with Gasteiger partial charge in [-0.2, -0.15) is 0 Å². The fraction of sp³-hybridized carbons (Fsp3) is 0.273. The van der Waals surface area contributed by atoms with Gasteiger partial charge >= 0.3 is 0 Å². The van der Waals surface area contributed by atoms with Crippen LogP contribution in [-0.2, 0) is 25.6 Å². The monoisotopic (exact) mass is 400 g/mol. The van der Waals surface area contributed by atoms with E-state index in [-0.39, 0.29) is 16.9 Å². The van der Waals surface area contributed by atoms with Crippen LogP contribution in [-0.4, -0.2) is 9.55 Å². The average Bonchev–Trinajstić information content (AvgIpc) is 2.67. The lowest BCUT2D eigenvalue weighted by Gasteiger charge is -2.14. The van der Waals surface area contributed by atoms with Gasteiger partial charge in [-0.05, 0) is 37.1 Å². The van der Waals surface area contributed by atoms with Gasteiger partial charge in [0.05, 0.1) is 5.69 Å². The van der Waals surface area contributed by atoms with Crippen LogP contribution >= 0.6 is 11.8 Å². The third-order valence-corrected chi connectivity index (χ3v) is 5.67. The Bertz CT molecular complexity index is 1060. The van der Waals surface area contributed by atoms with E-state index in [1.54, 1.807) is 7.05 Å². The van der Waals surface area contributed by atoms with E-state index in [1.807, 2.05) is 32.0 Å². The Labute approximate surface area is 167 Å². The summed E-state index contributed by atoms with van der Waals surface area (Å²) < 4.78 is 28.7. The van der Waals surface area contributed by atoms with E-state index < -0.39 is 11.6 Å². The molecule has 146 valence electrons. The minimum atomic E-state index is -0.485. The average molecular weight is 400 g/mol. The van der Waals surface area contributed by atoms with Gasteiger partial charge in [-0.25, -0.2) is 13.8 Å². The van der Waals surface area contributed by atoms with Gasteiger partial charge in [-0.1, -0.05) is 48.5 Å². The molecule has 3 nitrogen and oxygen atoms in total. The second-order valence-electron chi connectivity index (χ2n) is 6.73. The lowest BCUT2D eigenvalue weighted by molar-refractivity contribution is 0.591. The normalized spacial score (nSPS) is 11.0. The molecule has 0 aliphatic carbocycles. The molecule has 0 bridgehead atoms. The highest BCUT2D eigenvalue weighted by Crippen LogP contribution is 2.23. The molecule has 0 unspecified atom stereocenters. The number of aromatic nitrogens is 2. The molecule has 0 N–H and O–H groups in total. The summed E-state index contributed by atoms with van der Waals surface area (Å²) in [6, 6.07) is 11.4. The van der Waals surface area contributed by atoms with Gasteiger partial charge in [0.2, 0.25) is 0 Å². The van der Waals surface area contributed by atoms with Crippen LogP contribution in [0.1, 0.15) is 34.9 Å². The predicted molar refractivity (Wildman–Crippen MR) is 109 cm³/mol. The number of benzene rings is 2. The topological polar surface area (TPSA) is 34.9 Å². The largest absolute Gasteiger partial charge is 0.291 e. The van der Waals surface area contributed by atoms with Crippen molar-refractivity contribution in [2.45, 2.75) is 37.6 Å². The van der Waals surface area contributed by atoms with Crippen LogP contribution in [0.15, 0.2) is 52.4 Å². The van der Waals surface area contributed by atoms with Gasteiger partial charge < -0.3 is 0 Å². The molecule has 1 aromatic heterocycles. The summed E-state index contributed by atoms with van der Waals surface area (Å²) >= 11 is 1.23. The third-order valence-electron chi connectivity index (χ3n) is 4.59. The summed E-state index contributed by atoms with van der Waals surface area (Å²) in [5, 5.41) is 0.499. The van der Waals surface area contributed by atoms with Crippen molar-refractivity contribution in [1.29, 1.82) is 0 Å². The molecule has 0 saturated heterocycles. The number of hydrogen-bond acceptors (Lipinski definition) is 3. The number of aryl methyl sites for hydroxylation is 2. The standard InChI is InChI=1S/C22H22F2N2OS/c1-4-20-18(11-15-7-5-6-14(2)10-15)21(27)26(3)22(25-20)28-13-16-12-17(23)8-9-19(16)24/h5-10,12H,4,11,13H2,1-3H3. The van der Waals surface area contributed by atoms with Crippen molar-refractivity contribution in [3.63, 3.8) is 0 Å². The van der Waals surface area contributed by atoms with Crippen molar-refractivity contribution in [3.8, 4) is 0 Å². The van der Waals surface area contributed by atoms with Crippen LogP contribution in [0, 0.1) is 18.6 Å². The number of halogens is 2. The van der Waals surface area contributed by atoms with Crippen molar-refractivity contribution in [3.05, 3.63) is 92.4 Å². The molecule has 0 atom stereocenters. The molecular weight excluding hydrogens is 378 g/mol. The Morgan fingerprint density at radius 3 is 2.64 bits per heavy atom. The molecule has 0 radical (unpaired) electrons. The second-order valence-corrected chi connectivity index (χ2v) is 7.67. The smallest absolute Gasteiger partial charge is 0.257 e. The molecule has 6 heteroatoms. The van der Waals surface area contributed by atoms with Crippen molar-refractivity contribution < 1.29 is 8.78 Å². The Morgan fingerprint density at radius 1 is 1.14 bits per heavy atom. The summed E-state index contributed by atoms with van der Waals surface area (Å²) in [6.07, 6.45) is 1.15. The summed E-state index contributed by atoms with van der Waals surface area (Å²) in [7, 11) is 1.67. The Hall–Kier alpha value is -2.47. The van der Waals surface area contributed by atoms with E-state index in [0.717, 1.165) is 29.0 Å². The zero-order valence-corrected chi connectivity index (χ0v) is 16.9. The van der Waals surface area contributed by atoms with Crippen LogP contribution in [0.5, 0.6) is 0 Å². The van der Waals surface area contributed by atoms with E-state index >= 15 is 0 Å². The van der Waals surface area contributed by atoms with Gasteiger partial charge in [-0.15, -0.1) is 0 Å². The molecule has 0 saturated carbocycles. The van der Waals surface area contributed by atoms with Crippen molar-refractivity contribution in [1.82, 2.24) is 9.55 Å². The summed E-state index contributed by atoms with van der Waals surface area (Å²) in [6.45, 7) is 3.98. The first-order chi connectivity index (χ1) is 13.4. The molecule has 2 aromatic carbocycles. The molecule has 0 fully saturated rings. The molecule has 0 spiro atoms. The van der Waals surface area contributed by atoms with Crippen molar-refractivity contribution in [2.75, 3.05) is 0 Å². The minimum Gasteiger partial charge on any atom is -0.291 e. The minimum absolute atomic E-state index is 0.101. The highest BCUT2D eigenvalue weighted by atomic mass is 32.2. The molecule has 3 rings (SSSR count). The van der Waals surface area contributed by atoms with Crippen LogP contribution in [0.3, 0.4) is 0 Å². The lowest BCUT2D eigenvalue weighted by Crippen LogP contribution is -2.26. The fourth-order valence-corrected chi connectivity index (χ4v) is 4.05. The van der Waals surface area contributed by atoms with Gasteiger partial charge in [0.15, 0.2) is 5.16 Å². The quantitative estimate of drug-likeness (QED) is 0.440. The van der Waals surface area contributed by atoms with E-state index in [1.165, 1.54) is 22.4 Å². The van der Waals surface area contributed by atoms with E-state index in [2.05, 4.69) is 11.1 Å². The fourth-order valence-electron chi connectivity index (χ4n) is 3.09. The van der Waals surface area contributed by atoms with Crippen LogP contribution in [0.4, 0.5) is 8.78 Å². The van der Waals surface area contributed by atoms with Crippen LogP contribution in [0.2, 0.25) is 0 Å². The van der Waals surface area contributed by atoms with Crippen molar-refractivity contribution in [2.24, 2.45) is 7.05 Å². The third kappa shape index (κ3) is 4.50. The first kappa shape index (κ1) is 20.3. The zero-order valence-electron chi connectivity index (χ0n) is 16.1. The SMILES string of the molecule is CCc1nc(SCc2cc(F)ccc2F)n(C)c(=O)c1Cc1cccc(C)c1. The second kappa shape index (κ2) is 8.69. The van der Waals surface area contributed by atoms with Crippen LogP contribution < -0.4 is 5.56 Å². The Morgan fingerprint density at radius 2 is 1.93 bits per heavy atom. The molecule has 1 heterocycles. The Balaban J connectivity index is 1.91. The summed E-state index contributed by atoms with van der Waals surface area (Å²) in [4.78, 5) is 17.6. The molecule has 28 heavy (non-hydrogen) atoms. The van der Waals surface area contributed by atoms with Crippen molar-refractivity contribution >= 4 is 11.8 Å². The van der Waals surface area contributed by atoms with Gasteiger partial charge in [-0.3, -0.25) is 9.36 Å². The maximum Gasteiger partial charge on any atom is 0.257 e. The van der Waals surface area contributed by atoms with E-state index in [9.17, 15) is 13.6 Å². The number of thioether (sulfide) groups is 1. The number of nitrogens with zero attached hydrogens (tertiary/aromatic N) is 2. The van der Waals surface area contributed by atoms with Gasteiger partial charge in [0.25, 0.3) is 5.56 Å². The lowest BCUT2D eigenvalue weighted by atomic mass is 10.0. The van der Waals surface area contributed by atoms with Gasteiger partial charge in [0, 0.05) is 30.3 Å². The van der Waals surface area contributed by atoms with E-state index in [0.29, 0.717) is 23.6 Å². The molecule has 0 aliphatic heterocycles. The number of rotatable bonds is 6. The maximum atomic E-state index is 13.9. The number of hydrogen-bond donors (Lipinski definition) is 0. The summed E-state index contributed by atoms with van der Waals surface area (Å²) in [5.74, 6) is -0.753. The summed E-state index contributed by atoms with van der Waals surface area (Å²) in [5.41, 5.74) is 3.78.